The second kappa shape index (κ2) is 10.0. The van der Waals surface area contributed by atoms with Gasteiger partial charge in [0.2, 0.25) is 15.9 Å². The zero-order valence-corrected chi connectivity index (χ0v) is 17.3. The number of hydrogen-bond donors (Lipinski definition) is 1. The summed E-state index contributed by atoms with van der Waals surface area (Å²) in [5.41, 5.74) is 0.262. The zero-order chi connectivity index (χ0) is 21.5. The number of anilines is 1. The van der Waals surface area contributed by atoms with E-state index < -0.39 is 34.2 Å². The molecule has 0 aliphatic rings. The Labute approximate surface area is 172 Å². The summed E-state index contributed by atoms with van der Waals surface area (Å²) in [5.74, 6) is 0.896. The third kappa shape index (κ3) is 7.62. The number of nitrogens with one attached hydrogen (secondary N) is 1. The second-order valence-electron chi connectivity index (χ2n) is 6.20. The molecule has 0 atom stereocenters. The van der Waals surface area contributed by atoms with E-state index in [9.17, 15) is 26.4 Å². The summed E-state index contributed by atoms with van der Waals surface area (Å²) in [4.78, 5) is 12.1. The molecule has 29 heavy (non-hydrogen) atoms. The first-order valence-electron chi connectivity index (χ1n) is 8.61. The highest BCUT2D eigenvalue weighted by molar-refractivity contribution is 7.98. The lowest BCUT2D eigenvalue weighted by atomic mass is 10.2. The molecule has 2 aromatic carbocycles. The normalized spacial score (nSPS) is 11.9. The largest absolute Gasteiger partial charge is 0.416 e. The molecule has 0 heterocycles. The Hall–Kier alpha value is -2.20. The van der Waals surface area contributed by atoms with Crippen LogP contribution in [0.25, 0.3) is 0 Å². The molecule has 2 aromatic rings. The third-order valence-electron chi connectivity index (χ3n) is 3.85. The number of halogens is 3. The minimum absolute atomic E-state index is 0.00546. The molecule has 0 aromatic heterocycles. The van der Waals surface area contributed by atoms with Gasteiger partial charge in [-0.3, -0.25) is 9.10 Å². The molecule has 2 rings (SSSR count). The van der Waals surface area contributed by atoms with Gasteiger partial charge in [-0.15, -0.1) is 0 Å². The first-order valence-corrected chi connectivity index (χ1v) is 11.6. The number of carbonyl (C=O) groups excluding carboxylic acids is 1. The van der Waals surface area contributed by atoms with Crippen molar-refractivity contribution >= 4 is 33.4 Å². The average Bonchev–Trinajstić information content (AvgIpc) is 2.65. The number of hydrogen-bond acceptors (Lipinski definition) is 4. The van der Waals surface area contributed by atoms with Gasteiger partial charge in [0.05, 0.1) is 17.5 Å². The SMILES string of the molecule is CS(=O)(=O)N(CC(=O)NCCSCc1ccccc1)c1ccc(C(F)(F)F)cc1. The first kappa shape index (κ1) is 23.1. The monoisotopic (exact) mass is 446 g/mol. The third-order valence-corrected chi connectivity index (χ3v) is 6.02. The highest BCUT2D eigenvalue weighted by atomic mass is 32.2. The number of benzene rings is 2. The van der Waals surface area contributed by atoms with Crippen LogP contribution in [0, 0.1) is 0 Å². The topological polar surface area (TPSA) is 66.5 Å². The molecule has 0 saturated heterocycles. The molecule has 0 aliphatic heterocycles. The molecule has 1 N–H and O–H groups in total. The van der Waals surface area contributed by atoms with Gasteiger partial charge in [0, 0.05) is 18.1 Å². The Morgan fingerprint density at radius 3 is 2.24 bits per heavy atom. The molecule has 5 nitrogen and oxygen atoms in total. The molecule has 0 spiro atoms. The Morgan fingerprint density at radius 1 is 1.07 bits per heavy atom. The van der Waals surface area contributed by atoms with Crippen LogP contribution < -0.4 is 9.62 Å². The van der Waals surface area contributed by atoms with Crippen molar-refractivity contribution in [2.24, 2.45) is 0 Å². The van der Waals surface area contributed by atoms with Crippen LogP contribution in [0.5, 0.6) is 0 Å². The van der Waals surface area contributed by atoms with E-state index in [4.69, 9.17) is 0 Å². The molecule has 1 amide bonds. The van der Waals surface area contributed by atoms with Gasteiger partial charge in [-0.1, -0.05) is 30.3 Å². The van der Waals surface area contributed by atoms with Crippen molar-refractivity contribution in [2.75, 3.05) is 29.4 Å². The molecule has 10 heteroatoms. The van der Waals surface area contributed by atoms with E-state index in [0.29, 0.717) is 12.3 Å². The molecular weight excluding hydrogens is 425 g/mol. The Kier molecular flexibility index (Phi) is 7.97. The summed E-state index contributed by atoms with van der Waals surface area (Å²) in [6.45, 7) is -0.158. The maximum absolute atomic E-state index is 12.7. The quantitative estimate of drug-likeness (QED) is 0.599. The van der Waals surface area contributed by atoms with Gasteiger partial charge in [0.1, 0.15) is 6.54 Å². The van der Waals surface area contributed by atoms with Crippen molar-refractivity contribution < 1.29 is 26.4 Å². The molecule has 0 radical (unpaired) electrons. The summed E-state index contributed by atoms with van der Waals surface area (Å²) < 4.78 is 62.8. The highest BCUT2D eigenvalue weighted by Gasteiger charge is 2.30. The van der Waals surface area contributed by atoms with E-state index >= 15 is 0 Å². The van der Waals surface area contributed by atoms with Gasteiger partial charge < -0.3 is 5.32 Å². The van der Waals surface area contributed by atoms with Crippen molar-refractivity contribution in [3.63, 3.8) is 0 Å². The summed E-state index contributed by atoms with van der Waals surface area (Å²) in [7, 11) is -3.85. The van der Waals surface area contributed by atoms with E-state index in [1.807, 2.05) is 30.3 Å². The van der Waals surface area contributed by atoms with Crippen LogP contribution in [0.1, 0.15) is 11.1 Å². The number of amides is 1. The molecule has 0 saturated carbocycles. The van der Waals surface area contributed by atoms with Crippen LogP contribution in [0.3, 0.4) is 0 Å². The fraction of sp³-hybridized carbons (Fsp3) is 0.316. The minimum atomic E-state index is -4.52. The van der Waals surface area contributed by atoms with Gasteiger partial charge in [-0.05, 0) is 29.8 Å². The fourth-order valence-electron chi connectivity index (χ4n) is 2.43. The number of thioether (sulfide) groups is 1. The highest BCUT2D eigenvalue weighted by Crippen LogP contribution is 2.30. The molecule has 0 fully saturated rings. The number of carbonyl (C=O) groups is 1. The Bertz CT molecular complexity index is 903. The van der Waals surface area contributed by atoms with Crippen LogP contribution >= 0.6 is 11.8 Å². The average molecular weight is 447 g/mol. The minimum Gasteiger partial charge on any atom is -0.354 e. The summed E-state index contributed by atoms with van der Waals surface area (Å²) in [6, 6.07) is 13.5. The standard InChI is InChI=1S/C19H21F3N2O3S2/c1-29(26,27)24(17-9-7-16(8-10-17)19(20,21)22)13-18(25)23-11-12-28-14-15-5-3-2-4-6-15/h2-10H,11-14H2,1H3,(H,23,25). The lowest BCUT2D eigenvalue weighted by Crippen LogP contribution is -2.41. The molecule has 0 unspecified atom stereocenters. The second-order valence-corrected chi connectivity index (χ2v) is 9.21. The van der Waals surface area contributed by atoms with Gasteiger partial charge in [0.25, 0.3) is 0 Å². The van der Waals surface area contributed by atoms with Crippen LogP contribution in [0.2, 0.25) is 0 Å². The van der Waals surface area contributed by atoms with Gasteiger partial charge in [-0.25, -0.2) is 8.42 Å². The van der Waals surface area contributed by atoms with E-state index in [1.54, 1.807) is 11.8 Å². The van der Waals surface area contributed by atoms with Crippen molar-refractivity contribution in [3.05, 3.63) is 65.7 Å². The number of alkyl halides is 3. The zero-order valence-electron chi connectivity index (χ0n) is 15.6. The van der Waals surface area contributed by atoms with E-state index in [2.05, 4.69) is 5.32 Å². The van der Waals surface area contributed by atoms with Crippen LogP contribution in [0.15, 0.2) is 54.6 Å². The summed E-state index contributed by atoms with van der Waals surface area (Å²) in [6.07, 6.45) is -3.63. The molecular formula is C19H21F3N2O3S2. The smallest absolute Gasteiger partial charge is 0.354 e. The maximum atomic E-state index is 12.7. The maximum Gasteiger partial charge on any atom is 0.416 e. The van der Waals surface area contributed by atoms with E-state index in [-0.39, 0.29) is 5.69 Å². The van der Waals surface area contributed by atoms with E-state index in [0.717, 1.165) is 46.1 Å². The molecule has 0 bridgehead atoms. The number of nitrogens with zero attached hydrogens (tertiary/aromatic N) is 1. The molecule has 0 aliphatic carbocycles. The van der Waals surface area contributed by atoms with Gasteiger partial charge in [-0.2, -0.15) is 24.9 Å². The predicted molar refractivity (Wildman–Crippen MR) is 109 cm³/mol. The van der Waals surface area contributed by atoms with Crippen molar-refractivity contribution in [3.8, 4) is 0 Å². The van der Waals surface area contributed by atoms with Gasteiger partial charge >= 0.3 is 6.18 Å². The predicted octanol–water partition coefficient (Wildman–Crippen LogP) is 3.52. The lowest BCUT2D eigenvalue weighted by Gasteiger charge is -2.22. The Balaban J connectivity index is 1.88. The van der Waals surface area contributed by atoms with Crippen molar-refractivity contribution in [1.82, 2.24) is 5.32 Å². The van der Waals surface area contributed by atoms with Crippen molar-refractivity contribution in [1.29, 1.82) is 0 Å². The lowest BCUT2D eigenvalue weighted by molar-refractivity contribution is -0.137. The van der Waals surface area contributed by atoms with Crippen LogP contribution in [0.4, 0.5) is 18.9 Å². The fourth-order valence-corrected chi connectivity index (χ4v) is 4.11. The first-order chi connectivity index (χ1) is 13.6. The van der Waals surface area contributed by atoms with Crippen LogP contribution in [-0.2, 0) is 26.7 Å². The Morgan fingerprint density at radius 2 is 1.69 bits per heavy atom. The van der Waals surface area contributed by atoms with E-state index in [1.165, 1.54) is 0 Å². The summed E-state index contributed by atoms with van der Waals surface area (Å²) >= 11 is 1.62. The van der Waals surface area contributed by atoms with Crippen LogP contribution in [-0.4, -0.2) is 39.4 Å². The van der Waals surface area contributed by atoms with Gasteiger partial charge in [0.15, 0.2) is 0 Å². The number of rotatable bonds is 9. The number of sulfonamides is 1. The molecule has 158 valence electrons. The summed E-state index contributed by atoms with van der Waals surface area (Å²) in [5, 5.41) is 2.63. The van der Waals surface area contributed by atoms with Crippen molar-refractivity contribution in [2.45, 2.75) is 11.9 Å².